The first-order chi connectivity index (χ1) is 10.1. The average molecular weight is 321 g/mol. The number of thiophene rings is 1. The summed E-state index contributed by atoms with van der Waals surface area (Å²) in [5.74, 6) is 0. The molecule has 0 N–H and O–H groups in total. The Kier molecular flexibility index (Phi) is 2.95. The van der Waals surface area contributed by atoms with Gasteiger partial charge in [-0.15, -0.1) is 16.4 Å². The fourth-order valence-electron chi connectivity index (χ4n) is 2.74. The third-order valence-electron chi connectivity index (χ3n) is 4.18. The first-order valence-electron chi connectivity index (χ1n) is 6.85. The molecule has 0 saturated heterocycles. The van der Waals surface area contributed by atoms with E-state index in [0.29, 0.717) is 6.61 Å². The van der Waals surface area contributed by atoms with Crippen molar-refractivity contribution < 1.29 is 4.74 Å². The number of nitrogens with zero attached hydrogens (tertiary/aromatic N) is 5. The maximum absolute atomic E-state index is 6.04. The molecule has 21 heavy (non-hydrogen) atoms. The van der Waals surface area contributed by atoms with Gasteiger partial charge in [-0.2, -0.15) is 4.52 Å². The van der Waals surface area contributed by atoms with Gasteiger partial charge in [0.25, 0.3) is 0 Å². The van der Waals surface area contributed by atoms with Gasteiger partial charge in [0.2, 0.25) is 0 Å². The van der Waals surface area contributed by atoms with Gasteiger partial charge in [0.15, 0.2) is 10.8 Å². The average Bonchev–Trinajstić information content (AvgIpc) is 3.09. The molecule has 4 heterocycles. The summed E-state index contributed by atoms with van der Waals surface area (Å²) in [5.41, 5.74) is 2.01. The van der Waals surface area contributed by atoms with E-state index in [4.69, 9.17) is 9.72 Å². The summed E-state index contributed by atoms with van der Waals surface area (Å²) in [7, 11) is 0. The molecule has 1 aliphatic rings. The van der Waals surface area contributed by atoms with E-state index in [-0.39, 0.29) is 5.60 Å². The molecule has 4 rings (SSSR count). The van der Waals surface area contributed by atoms with Gasteiger partial charge < -0.3 is 4.74 Å². The van der Waals surface area contributed by atoms with Crippen LogP contribution in [0.4, 0.5) is 0 Å². The van der Waals surface area contributed by atoms with E-state index in [0.717, 1.165) is 33.9 Å². The molecule has 1 aliphatic heterocycles. The van der Waals surface area contributed by atoms with Gasteiger partial charge in [-0.3, -0.25) is 0 Å². The second-order valence-electron chi connectivity index (χ2n) is 5.47. The highest BCUT2D eigenvalue weighted by Crippen LogP contribution is 2.41. The molecule has 110 valence electrons. The molecule has 0 aliphatic carbocycles. The van der Waals surface area contributed by atoms with E-state index in [1.807, 2.05) is 6.26 Å². The van der Waals surface area contributed by atoms with Crippen molar-refractivity contribution in [3.8, 4) is 0 Å². The summed E-state index contributed by atoms with van der Waals surface area (Å²) >= 11 is 3.25. The number of rotatable bonds is 2. The fraction of sp³-hybridized carbons (Fsp3) is 0.538. The molecule has 0 fully saturated rings. The Hall–Kier alpha value is -1.25. The second kappa shape index (κ2) is 4.62. The predicted octanol–water partition coefficient (Wildman–Crippen LogP) is 2.70. The van der Waals surface area contributed by atoms with Crippen LogP contribution in [0.25, 0.3) is 15.9 Å². The maximum atomic E-state index is 6.04. The van der Waals surface area contributed by atoms with Crippen LogP contribution < -0.4 is 0 Å². The Morgan fingerprint density at radius 3 is 3.10 bits per heavy atom. The van der Waals surface area contributed by atoms with Gasteiger partial charge in [-0.1, -0.05) is 18.7 Å². The molecular weight excluding hydrogens is 306 g/mol. The SMILES string of the molecule is CCC1(C)Cc2c(sc3nc(SC)n4nnnc4c23)CO1. The van der Waals surface area contributed by atoms with Crippen LogP contribution in [0.3, 0.4) is 0 Å². The van der Waals surface area contributed by atoms with E-state index in [1.165, 1.54) is 10.4 Å². The van der Waals surface area contributed by atoms with Crippen molar-refractivity contribution in [3.63, 3.8) is 0 Å². The Morgan fingerprint density at radius 2 is 2.33 bits per heavy atom. The van der Waals surface area contributed by atoms with E-state index < -0.39 is 0 Å². The minimum Gasteiger partial charge on any atom is -0.369 e. The number of aromatic nitrogens is 5. The van der Waals surface area contributed by atoms with Gasteiger partial charge in [-0.05, 0) is 35.6 Å². The van der Waals surface area contributed by atoms with Gasteiger partial charge >= 0.3 is 0 Å². The molecule has 0 radical (unpaired) electrons. The van der Waals surface area contributed by atoms with Crippen molar-refractivity contribution in [1.29, 1.82) is 0 Å². The third kappa shape index (κ3) is 1.89. The lowest BCUT2D eigenvalue weighted by Gasteiger charge is -2.32. The standard InChI is InChI=1S/C13H15N5OS2/c1-4-13(2)5-7-8(6-19-13)21-11-9(7)10-15-16-17-18(10)12(14-11)20-3/h4-6H2,1-3H3. The van der Waals surface area contributed by atoms with Crippen LogP contribution in [-0.2, 0) is 17.8 Å². The van der Waals surface area contributed by atoms with Gasteiger partial charge in [0.05, 0.1) is 17.6 Å². The van der Waals surface area contributed by atoms with Gasteiger partial charge in [0, 0.05) is 11.3 Å². The maximum Gasteiger partial charge on any atom is 0.193 e. The number of ether oxygens (including phenoxy) is 1. The number of tetrazole rings is 1. The number of hydrogen-bond donors (Lipinski definition) is 0. The summed E-state index contributed by atoms with van der Waals surface area (Å²) in [5, 5.41) is 14.0. The molecule has 0 saturated carbocycles. The number of fused-ring (bicyclic) bond motifs is 5. The Balaban J connectivity index is 2.04. The largest absolute Gasteiger partial charge is 0.369 e. The quantitative estimate of drug-likeness (QED) is 0.534. The lowest BCUT2D eigenvalue weighted by molar-refractivity contribution is -0.0542. The first-order valence-corrected chi connectivity index (χ1v) is 8.89. The highest BCUT2D eigenvalue weighted by molar-refractivity contribution is 7.98. The monoisotopic (exact) mass is 321 g/mol. The fourth-order valence-corrected chi connectivity index (χ4v) is 4.37. The zero-order valence-corrected chi connectivity index (χ0v) is 13.7. The molecular formula is C13H15N5OS2. The lowest BCUT2D eigenvalue weighted by atomic mass is 9.90. The van der Waals surface area contributed by atoms with Crippen molar-refractivity contribution >= 4 is 39.0 Å². The molecule has 3 aromatic rings. The molecule has 3 aromatic heterocycles. The van der Waals surface area contributed by atoms with Gasteiger partial charge in [-0.25, -0.2) is 4.98 Å². The smallest absolute Gasteiger partial charge is 0.193 e. The summed E-state index contributed by atoms with van der Waals surface area (Å²) < 4.78 is 7.77. The number of hydrogen-bond acceptors (Lipinski definition) is 7. The zero-order valence-electron chi connectivity index (χ0n) is 12.1. The summed E-state index contributed by atoms with van der Waals surface area (Å²) in [6.07, 6.45) is 3.86. The topological polar surface area (TPSA) is 65.2 Å². The van der Waals surface area contributed by atoms with Crippen molar-refractivity contribution in [2.45, 2.75) is 44.1 Å². The van der Waals surface area contributed by atoms with Crippen LogP contribution in [0.15, 0.2) is 5.16 Å². The third-order valence-corrected chi connectivity index (χ3v) is 5.91. The Labute approximate surface area is 129 Å². The molecule has 1 unspecified atom stereocenters. The lowest BCUT2D eigenvalue weighted by Crippen LogP contribution is -2.33. The van der Waals surface area contributed by atoms with Crippen LogP contribution in [0.2, 0.25) is 0 Å². The predicted molar refractivity (Wildman–Crippen MR) is 82.9 cm³/mol. The van der Waals surface area contributed by atoms with Crippen molar-refractivity contribution in [3.05, 3.63) is 10.4 Å². The molecule has 0 amide bonds. The van der Waals surface area contributed by atoms with Crippen LogP contribution in [0, 0.1) is 0 Å². The molecule has 0 spiro atoms. The highest BCUT2D eigenvalue weighted by Gasteiger charge is 2.33. The van der Waals surface area contributed by atoms with Crippen LogP contribution in [-0.4, -0.2) is 36.9 Å². The van der Waals surface area contributed by atoms with E-state index in [1.54, 1.807) is 27.6 Å². The highest BCUT2D eigenvalue weighted by atomic mass is 32.2. The molecule has 0 bridgehead atoms. The van der Waals surface area contributed by atoms with E-state index in [2.05, 4.69) is 29.4 Å². The van der Waals surface area contributed by atoms with E-state index >= 15 is 0 Å². The first kappa shape index (κ1) is 13.4. The van der Waals surface area contributed by atoms with Crippen LogP contribution in [0.1, 0.15) is 30.7 Å². The minimum atomic E-state index is -0.108. The Morgan fingerprint density at radius 1 is 1.48 bits per heavy atom. The second-order valence-corrected chi connectivity index (χ2v) is 7.32. The Bertz CT molecular complexity index is 842. The normalized spacial score (nSPS) is 22.0. The zero-order chi connectivity index (χ0) is 14.6. The minimum absolute atomic E-state index is 0.108. The molecule has 8 heteroatoms. The van der Waals surface area contributed by atoms with Crippen molar-refractivity contribution in [2.24, 2.45) is 0 Å². The van der Waals surface area contributed by atoms with Gasteiger partial charge in [0.1, 0.15) is 4.83 Å². The summed E-state index contributed by atoms with van der Waals surface area (Å²) in [6.45, 7) is 4.99. The van der Waals surface area contributed by atoms with Crippen molar-refractivity contribution in [1.82, 2.24) is 25.0 Å². The summed E-state index contributed by atoms with van der Waals surface area (Å²) in [6, 6.07) is 0. The van der Waals surface area contributed by atoms with E-state index in [9.17, 15) is 0 Å². The number of thioether (sulfide) groups is 1. The molecule has 6 nitrogen and oxygen atoms in total. The van der Waals surface area contributed by atoms with Crippen LogP contribution in [0.5, 0.6) is 0 Å². The summed E-state index contributed by atoms with van der Waals surface area (Å²) in [4.78, 5) is 6.98. The molecule has 1 atom stereocenters. The van der Waals surface area contributed by atoms with Crippen molar-refractivity contribution in [2.75, 3.05) is 6.26 Å². The van der Waals surface area contributed by atoms with Crippen LogP contribution >= 0.6 is 23.1 Å². The molecule has 0 aromatic carbocycles.